The maximum absolute atomic E-state index is 12.4. The zero-order valence-electron chi connectivity index (χ0n) is 15.6. The number of carbonyl (C=O) groups is 1. The van der Waals surface area contributed by atoms with E-state index in [2.05, 4.69) is 22.4 Å². The number of anilines is 1. The number of fused-ring (bicyclic) bond motifs is 1. The lowest BCUT2D eigenvalue weighted by molar-refractivity contribution is 0.0456. The van der Waals surface area contributed by atoms with Gasteiger partial charge in [-0.3, -0.25) is 4.31 Å². The van der Waals surface area contributed by atoms with Crippen molar-refractivity contribution in [3.05, 3.63) is 35.2 Å². The zero-order valence-corrected chi connectivity index (χ0v) is 16.4. The van der Waals surface area contributed by atoms with Crippen LogP contribution in [0.3, 0.4) is 0 Å². The fourth-order valence-electron chi connectivity index (χ4n) is 3.26. The number of benzene rings is 1. The number of nitrogens with zero attached hydrogens (tertiary/aromatic N) is 5. The van der Waals surface area contributed by atoms with E-state index in [-0.39, 0.29) is 12.6 Å². The molecule has 1 aromatic heterocycles. The van der Waals surface area contributed by atoms with Gasteiger partial charge in [-0.2, -0.15) is 0 Å². The molecule has 0 amide bonds. The highest BCUT2D eigenvalue weighted by Gasteiger charge is 2.32. The summed E-state index contributed by atoms with van der Waals surface area (Å²) in [4.78, 5) is 12.4. The van der Waals surface area contributed by atoms with Crippen molar-refractivity contribution in [3.8, 4) is 0 Å². The highest BCUT2D eigenvalue weighted by molar-refractivity contribution is 7.92. The molecular formula is C17H23N5O4S. The molecule has 9 nitrogen and oxygen atoms in total. The summed E-state index contributed by atoms with van der Waals surface area (Å²) < 4.78 is 32.3. The molecule has 0 saturated heterocycles. The predicted molar refractivity (Wildman–Crippen MR) is 98.8 cm³/mol. The van der Waals surface area contributed by atoms with E-state index >= 15 is 0 Å². The van der Waals surface area contributed by atoms with E-state index < -0.39 is 16.0 Å². The Kier molecular flexibility index (Phi) is 5.45. The molecule has 0 aliphatic carbocycles. The monoisotopic (exact) mass is 393 g/mol. The van der Waals surface area contributed by atoms with Gasteiger partial charge in [-0.15, -0.1) is 5.10 Å². The summed E-state index contributed by atoms with van der Waals surface area (Å²) in [6.07, 6.45) is 3.69. The van der Waals surface area contributed by atoms with Crippen LogP contribution in [-0.4, -0.2) is 46.9 Å². The summed E-state index contributed by atoms with van der Waals surface area (Å²) in [6, 6.07) is 4.75. The number of sulfonamides is 1. The Morgan fingerprint density at radius 2 is 2.15 bits per heavy atom. The van der Waals surface area contributed by atoms with Crippen molar-refractivity contribution in [2.75, 3.05) is 10.6 Å². The van der Waals surface area contributed by atoms with E-state index in [4.69, 9.17) is 4.74 Å². The minimum absolute atomic E-state index is 0.0154. The largest absolute Gasteiger partial charge is 0.454 e. The Bertz CT molecular complexity index is 941. The number of aryl methyl sites for hydroxylation is 1. The molecule has 0 bridgehead atoms. The van der Waals surface area contributed by atoms with Crippen LogP contribution in [0.15, 0.2) is 18.2 Å². The van der Waals surface area contributed by atoms with Crippen LogP contribution < -0.4 is 4.31 Å². The van der Waals surface area contributed by atoms with Crippen LogP contribution >= 0.6 is 0 Å². The minimum Gasteiger partial charge on any atom is -0.454 e. The first-order valence-corrected chi connectivity index (χ1v) is 10.7. The quantitative estimate of drug-likeness (QED) is 0.657. The zero-order chi connectivity index (χ0) is 19.6. The molecule has 1 aromatic carbocycles. The Hall–Kier alpha value is -2.49. The molecule has 0 fully saturated rings. The van der Waals surface area contributed by atoms with Gasteiger partial charge in [0.1, 0.15) is 0 Å². The van der Waals surface area contributed by atoms with E-state index in [0.717, 1.165) is 18.4 Å². The smallest absolute Gasteiger partial charge is 0.338 e. The second-order valence-corrected chi connectivity index (χ2v) is 8.56. The molecule has 0 spiro atoms. The SMILES string of the molecule is CCCCn1nnnc1COC(=O)c1ccc2c(c1)CC(C)N2S(C)(=O)=O. The van der Waals surface area contributed by atoms with Crippen LogP contribution in [0.2, 0.25) is 0 Å². The van der Waals surface area contributed by atoms with Crippen LogP contribution in [0.5, 0.6) is 0 Å². The Morgan fingerprint density at radius 1 is 1.37 bits per heavy atom. The number of aromatic nitrogens is 4. The van der Waals surface area contributed by atoms with Crippen LogP contribution in [0, 0.1) is 0 Å². The van der Waals surface area contributed by atoms with Crippen molar-refractivity contribution in [1.82, 2.24) is 20.2 Å². The van der Waals surface area contributed by atoms with Gasteiger partial charge in [-0.05, 0) is 54.0 Å². The van der Waals surface area contributed by atoms with Gasteiger partial charge >= 0.3 is 5.97 Å². The van der Waals surface area contributed by atoms with Gasteiger partial charge in [0.25, 0.3) is 0 Å². The first kappa shape index (κ1) is 19.3. The number of hydrogen-bond acceptors (Lipinski definition) is 7. The van der Waals surface area contributed by atoms with Gasteiger partial charge in [-0.1, -0.05) is 13.3 Å². The maximum Gasteiger partial charge on any atom is 0.338 e. The van der Waals surface area contributed by atoms with Crippen LogP contribution in [0.4, 0.5) is 5.69 Å². The molecule has 1 atom stereocenters. The van der Waals surface area contributed by atoms with Gasteiger partial charge in [-0.25, -0.2) is 17.9 Å². The minimum atomic E-state index is -3.36. The van der Waals surface area contributed by atoms with E-state index in [1.807, 2.05) is 6.92 Å². The third kappa shape index (κ3) is 4.10. The molecule has 3 rings (SSSR count). The lowest BCUT2D eigenvalue weighted by atomic mass is 10.1. The van der Waals surface area contributed by atoms with Gasteiger partial charge in [0.05, 0.1) is 17.5 Å². The molecule has 10 heteroatoms. The van der Waals surface area contributed by atoms with E-state index in [1.165, 1.54) is 10.6 Å². The van der Waals surface area contributed by atoms with Gasteiger partial charge in [0.2, 0.25) is 10.0 Å². The number of unbranched alkanes of at least 4 members (excludes halogenated alkanes) is 1. The van der Waals surface area contributed by atoms with Crippen LogP contribution in [-0.2, 0) is 34.3 Å². The number of rotatable bonds is 7. The standard InChI is InChI=1S/C17H23N5O4S/c1-4-5-8-21-16(18-19-20-21)11-26-17(23)13-6-7-15-14(10-13)9-12(2)22(15)27(3,24)25/h6-7,10,12H,4-5,8-9,11H2,1-3H3. The first-order chi connectivity index (χ1) is 12.8. The van der Waals surface area contributed by atoms with Crippen molar-refractivity contribution < 1.29 is 17.9 Å². The summed E-state index contributed by atoms with van der Waals surface area (Å²) in [5.74, 6) is 0.00290. The Balaban J connectivity index is 1.71. The third-order valence-corrected chi connectivity index (χ3v) is 5.76. The molecule has 27 heavy (non-hydrogen) atoms. The number of esters is 1. The molecule has 1 unspecified atom stereocenters. The molecule has 2 aromatic rings. The van der Waals surface area contributed by atoms with Crippen LogP contribution in [0.25, 0.3) is 0 Å². The lowest BCUT2D eigenvalue weighted by Gasteiger charge is -2.21. The normalized spacial score (nSPS) is 16.4. The molecule has 2 heterocycles. The second kappa shape index (κ2) is 7.63. The third-order valence-electron chi connectivity index (χ3n) is 4.49. The summed E-state index contributed by atoms with van der Waals surface area (Å²) >= 11 is 0. The molecule has 146 valence electrons. The van der Waals surface area contributed by atoms with Crippen molar-refractivity contribution in [2.24, 2.45) is 0 Å². The fraction of sp³-hybridized carbons (Fsp3) is 0.529. The average Bonchev–Trinajstić information content (AvgIpc) is 3.19. The summed E-state index contributed by atoms with van der Waals surface area (Å²) in [6.45, 7) is 4.58. The summed E-state index contributed by atoms with van der Waals surface area (Å²) in [5, 5.41) is 11.4. The molecule has 1 aliphatic heterocycles. The highest BCUT2D eigenvalue weighted by atomic mass is 32.2. The van der Waals surface area contributed by atoms with Gasteiger partial charge in [0.15, 0.2) is 12.4 Å². The van der Waals surface area contributed by atoms with Crippen LogP contribution in [0.1, 0.15) is 48.4 Å². The highest BCUT2D eigenvalue weighted by Crippen LogP contribution is 2.34. The topological polar surface area (TPSA) is 107 Å². The molecule has 0 radical (unpaired) electrons. The number of carbonyl (C=O) groups excluding carboxylic acids is 1. The van der Waals surface area contributed by atoms with Crippen molar-refractivity contribution >= 4 is 21.7 Å². The number of ether oxygens (including phenoxy) is 1. The van der Waals surface area contributed by atoms with Gasteiger partial charge < -0.3 is 4.74 Å². The van der Waals surface area contributed by atoms with Crippen molar-refractivity contribution in [3.63, 3.8) is 0 Å². The van der Waals surface area contributed by atoms with E-state index in [0.29, 0.717) is 30.0 Å². The molecule has 1 aliphatic rings. The fourth-order valence-corrected chi connectivity index (χ4v) is 4.52. The second-order valence-electron chi connectivity index (χ2n) is 6.70. The van der Waals surface area contributed by atoms with Crippen molar-refractivity contribution in [2.45, 2.75) is 52.3 Å². The lowest BCUT2D eigenvalue weighted by Crippen LogP contribution is -2.34. The van der Waals surface area contributed by atoms with E-state index in [9.17, 15) is 13.2 Å². The summed E-state index contributed by atoms with van der Waals surface area (Å²) in [5.41, 5.74) is 1.81. The predicted octanol–water partition coefficient (Wildman–Crippen LogP) is 1.54. The maximum atomic E-state index is 12.4. The number of tetrazole rings is 1. The molecule has 0 saturated carbocycles. The average molecular weight is 393 g/mol. The molecular weight excluding hydrogens is 370 g/mol. The molecule has 0 N–H and O–H groups in total. The Labute approximate surface area is 158 Å². The van der Waals surface area contributed by atoms with Gasteiger partial charge in [0, 0.05) is 12.6 Å². The van der Waals surface area contributed by atoms with E-state index in [1.54, 1.807) is 22.9 Å². The number of hydrogen-bond donors (Lipinski definition) is 0. The summed E-state index contributed by atoms with van der Waals surface area (Å²) in [7, 11) is -3.36. The first-order valence-electron chi connectivity index (χ1n) is 8.85. The Morgan fingerprint density at radius 3 is 2.85 bits per heavy atom. The van der Waals surface area contributed by atoms with Crippen molar-refractivity contribution in [1.29, 1.82) is 0 Å².